The molecular weight excluding hydrogens is 290 g/mol. The van der Waals surface area contributed by atoms with Crippen LogP contribution in [-0.2, 0) is 4.79 Å². The molecule has 1 amide bonds. The Morgan fingerprint density at radius 3 is 2.57 bits per heavy atom. The molecule has 2 saturated heterocycles. The number of nitrogens with zero attached hydrogens (tertiary/aromatic N) is 5. The average molecular weight is 315 g/mol. The maximum atomic E-state index is 12.8. The Morgan fingerprint density at radius 1 is 1.04 bits per heavy atom. The van der Waals surface area contributed by atoms with Crippen LogP contribution in [0.15, 0.2) is 18.6 Å². The summed E-state index contributed by atoms with van der Waals surface area (Å²) in [6.07, 6.45) is 10.1. The largest absolute Gasteiger partial charge is 0.352 e. The van der Waals surface area contributed by atoms with Gasteiger partial charge in [0.25, 0.3) is 0 Å². The molecule has 3 fully saturated rings. The molecule has 0 radical (unpaired) electrons. The van der Waals surface area contributed by atoms with E-state index in [4.69, 9.17) is 0 Å². The summed E-state index contributed by atoms with van der Waals surface area (Å²) in [5.41, 5.74) is 0. The smallest absolute Gasteiger partial charge is 0.227 e. The normalized spacial score (nSPS) is 26.3. The van der Waals surface area contributed by atoms with Gasteiger partial charge in [0.2, 0.25) is 5.91 Å². The molecule has 1 unspecified atom stereocenters. The van der Waals surface area contributed by atoms with E-state index in [9.17, 15) is 4.79 Å². The fourth-order valence-corrected chi connectivity index (χ4v) is 3.85. The molecule has 1 aromatic heterocycles. The molecule has 0 N–H and O–H groups in total. The fourth-order valence-electron chi connectivity index (χ4n) is 3.85. The van der Waals surface area contributed by atoms with Crippen LogP contribution in [0.1, 0.15) is 25.7 Å². The van der Waals surface area contributed by atoms with Gasteiger partial charge in [-0.1, -0.05) is 0 Å². The quantitative estimate of drug-likeness (QED) is 0.833. The Bertz CT molecular complexity index is 539. The zero-order valence-electron chi connectivity index (χ0n) is 13.6. The number of piperazine rings is 1. The van der Waals surface area contributed by atoms with Crippen molar-refractivity contribution in [2.24, 2.45) is 5.92 Å². The highest BCUT2D eigenvalue weighted by atomic mass is 16.2. The van der Waals surface area contributed by atoms with Crippen molar-refractivity contribution in [3.05, 3.63) is 18.6 Å². The van der Waals surface area contributed by atoms with Crippen LogP contribution < -0.4 is 4.90 Å². The Kier molecular flexibility index (Phi) is 4.16. The first-order valence-corrected chi connectivity index (χ1v) is 8.85. The number of aromatic nitrogens is 2. The molecule has 6 nitrogen and oxygen atoms in total. The molecule has 1 aromatic rings. The maximum Gasteiger partial charge on any atom is 0.227 e. The second-order valence-corrected chi connectivity index (χ2v) is 6.94. The molecular formula is C17H25N5O. The molecule has 1 aliphatic carbocycles. The lowest BCUT2D eigenvalue weighted by molar-refractivity contribution is -0.137. The SMILES string of the molecule is O=C(C1CCCN(C2CC2)C1)N1CCN(c2cnccn2)CC1. The summed E-state index contributed by atoms with van der Waals surface area (Å²) in [7, 11) is 0. The van der Waals surface area contributed by atoms with Crippen molar-refractivity contribution in [1.29, 1.82) is 0 Å². The molecule has 2 aliphatic heterocycles. The number of carbonyl (C=O) groups is 1. The van der Waals surface area contributed by atoms with Gasteiger partial charge in [-0.15, -0.1) is 0 Å². The van der Waals surface area contributed by atoms with E-state index in [2.05, 4.69) is 24.7 Å². The van der Waals surface area contributed by atoms with E-state index < -0.39 is 0 Å². The van der Waals surface area contributed by atoms with Gasteiger partial charge in [-0.05, 0) is 32.2 Å². The highest BCUT2D eigenvalue weighted by Gasteiger charge is 2.36. The zero-order valence-corrected chi connectivity index (χ0v) is 13.6. The van der Waals surface area contributed by atoms with Crippen molar-refractivity contribution in [2.75, 3.05) is 44.2 Å². The van der Waals surface area contributed by atoms with Crippen molar-refractivity contribution in [3.63, 3.8) is 0 Å². The van der Waals surface area contributed by atoms with Gasteiger partial charge in [-0.2, -0.15) is 0 Å². The number of amides is 1. The minimum Gasteiger partial charge on any atom is -0.352 e. The van der Waals surface area contributed by atoms with Crippen molar-refractivity contribution < 1.29 is 4.79 Å². The van der Waals surface area contributed by atoms with Crippen molar-refractivity contribution in [3.8, 4) is 0 Å². The van der Waals surface area contributed by atoms with E-state index in [0.717, 1.165) is 51.0 Å². The summed E-state index contributed by atoms with van der Waals surface area (Å²) < 4.78 is 0. The fraction of sp³-hybridized carbons (Fsp3) is 0.706. The van der Waals surface area contributed by atoms with Gasteiger partial charge >= 0.3 is 0 Å². The lowest BCUT2D eigenvalue weighted by Gasteiger charge is -2.39. The number of anilines is 1. The molecule has 124 valence electrons. The lowest BCUT2D eigenvalue weighted by atomic mass is 9.96. The van der Waals surface area contributed by atoms with Gasteiger partial charge in [-0.25, -0.2) is 4.98 Å². The Labute approximate surface area is 137 Å². The van der Waals surface area contributed by atoms with E-state index in [-0.39, 0.29) is 5.92 Å². The summed E-state index contributed by atoms with van der Waals surface area (Å²) in [6, 6.07) is 0.777. The molecule has 4 rings (SSSR count). The van der Waals surface area contributed by atoms with Gasteiger partial charge in [0, 0.05) is 51.2 Å². The molecule has 0 aromatic carbocycles. The molecule has 23 heavy (non-hydrogen) atoms. The van der Waals surface area contributed by atoms with E-state index in [1.54, 1.807) is 18.6 Å². The van der Waals surface area contributed by atoms with Crippen LogP contribution in [0.2, 0.25) is 0 Å². The van der Waals surface area contributed by atoms with Crippen LogP contribution >= 0.6 is 0 Å². The van der Waals surface area contributed by atoms with Crippen LogP contribution in [0.5, 0.6) is 0 Å². The van der Waals surface area contributed by atoms with Crippen molar-refractivity contribution in [2.45, 2.75) is 31.7 Å². The number of hydrogen-bond donors (Lipinski definition) is 0. The number of rotatable bonds is 3. The van der Waals surface area contributed by atoms with Crippen LogP contribution in [0.25, 0.3) is 0 Å². The minimum absolute atomic E-state index is 0.215. The predicted molar refractivity (Wildman–Crippen MR) is 88.1 cm³/mol. The second kappa shape index (κ2) is 6.43. The summed E-state index contributed by atoms with van der Waals surface area (Å²) in [5, 5.41) is 0. The van der Waals surface area contributed by atoms with Gasteiger partial charge in [0.05, 0.1) is 12.1 Å². The van der Waals surface area contributed by atoms with Gasteiger partial charge in [0.1, 0.15) is 5.82 Å². The van der Waals surface area contributed by atoms with E-state index in [0.29, 0.717) is 5.91 Å². The number of piperidine rings is 1. The van der Waals surface area contributed by atoms with Gasteiger partial charge < -0.3 is 9.80 Å². The molecule has 1 saturated carbocycles. The van der Waals surface area contributed by atoms with E-state index >= 15 is 0 Å². The monoisotopic (exact) mass is 315 g/mol. The van der Waals surface area contributed by atoms with Crippen LogP contribution in [-0.4, -0.2) is 71.0 Å². The van der Waals surface area contributed by atoms with Crippen molar-refractivity contribution in [1.82, 2.24) is 19.8 Å². The molecule has 0 bridgehead atoms. The highest BCUT2D eigenvalue weighted by molar-refractivity contribution is 5.79. The standard InChI is InChI=1S/C17H25N5O/c23-17(14-2-1-7-22(13-14)15-3-4-15)21-10-8-20(9-11-21)16-12-18-5-6-19-16/h5-6,12,14-15H,1-4,7-11,13H2. The lowest BCUT2D eigenvalue weighted by Crippen LogP contribution is -2.53. The first-order valence-electron chi connectivity index (χ1n) is 8.85. The second-order valence-electron chi connectivity index (χ2n) is 6.94. The van der Waals surface area contributed by atoms with Crippen LogP contribution in [0.3, 0.4) is 0 Å². The Morgan fingerprint density at radius 2 is 1.87 bits per heavy atom. The summed E-state index contributed by atoms with van der Waals surface area (Å²) in [6.45, 7) is 5.47. The molecule has 3 heterocycles. The first-order chi connectivity index (χ1) is 11.3. The molecule has 1 atom stereocenters. The third kappa shape index (κ3) is 3.32. The molecule has 0 spiro atoms. The summed E-state index contributed by atoms with van der Waals surface area (Å²) in [4.78, 5) is 28.1. The average Bonchev–Trinajstić information content (AvgIpc) is 3.47. The topological polar surface area (TPSA) is 52.6 Å². The zero-order chi connectivity index (χ0) is 15.6. The summed E-state index contributed by atoms with van der Waals surface area (Å²) >= 11 is 0. The maximum absolute atomic E-state index is 12.8. The van der Waals surface area contributed by atoms with E-state index in [1.807, 2.05) is 0 Å². The highest BCUT2D eigenvalue weighted by Crippen LogP contribution is 2.31. The van der Waals surface area contributed by atoms with Gasteiger partial charge in [0.15, 0.2) is 0 Å². The Balaban J connectivity index is 1.32. The van der Waals surface area contributed by atoms with Crippen LogP contribution in [0.4, 0.5) is 5.82 Å². The first kappa shape index (κ1) is 14.9. The van der Waals surface area contributed by atoms with Gasteiger partial charge in [-0.3, -0.25) is 14.7 Å². The Hall–Kier alpha value is -1.69. The van der Waals surface area contributed by atoms with Crippen molar-refractivity contribution >= 4 is 11.7 Å². The number of hydrogen-bond acceptors (Lipinski definition) is 5. The third-order valence-corrected chi connectivity index (χ3v) is 5.33. The minimum atomic E-state index is 0.215. The van der Waals surface area contributed by atoms with E-state index in [1.165, 1.54) is 25.8 Å². The predicted octanol–water partition coefficient (Wildman–Crippen LogP) is 1.000. The summed E-state index contributed by atoms with van der Waals surface area (Å²) in [5.74, 6) is 1.50. The third-order valence-electron chi connectivity index (χ3n) is 5.33. The number of carbonyl (C=O) groups excluding carboxylic acids is 1. The molecule has 3 aliphatic rings. The molecule has 6 heteroatoms. The number of likely N-dealkylation sites (tertiary alicyclic amines) is 1. The van der Waals surface area contributed by atoms with Crippen LogP contribution in [0, 0.1) is 5.92 Å².